The van der Waals surface area contributed by atoms with E-state index in [1.54, 1.807) is 6.08 Å². The molecule has 1 rings (SSSR count). The van der Waals surface area contributed by atoms with Crippen LogP contribution < -0.4 is 5.32 Å². The maximum absolute atomic E-state index is 13.5. The largest absolute Gasteiger partial charge is 0.454 e. The molecule has 85 heavy (non-hydrogen) atoms. The van der Waals surface area contributed by atoms with Crippen LogP contribution in [0.2, 0.25) is 0 Å². The van der Waals surface area contributed by atoms with Crippen LogP contribution in [0.4, 0.5) is 0 Å². The summed E-state index contributed by atoms with van der Waals surface area (Å²) in [5.74, 6) is -1.20. The van der Waals surface area contributed by atoms with Crippen LogP contribution in [0.3, 0.4) is 0 Å². The van der Waals surface area contributed by atoms with Gasteiger partial charge in [0.05, 0.1) is 25.4 Å². The Morgan fingerprint density at radius 1 is 0.471 bits per heavy atom. The fourth-order valence-electron chi connectivity index (χ4n) is 10.7. The highest BCUT2D eigenvalue weighted by Crippen LogP contribution is 2.26. The molecule has 0 spiro atoms. The summed E-state index contributed by atoms with van der Waals surface area (Å²) in [6, 6.07) is -1.03. The molecule has 8 atom stereocenters. The van der Waals surface area contributed by atoms with Crippen molar-refractivity contribution in [3.8, 4) is 0 Å². The first-order valence-corrected chi connectivity index (χ1v) is 35.4. The first kappa shape index (κ1) is 79.9. The number of allylic oxidation sites excluding steroid dienone is 13. The highest BCUT2D eigenvalue weighted by molar-refractivity contribution is 5.80. The molecule has 0 bridgehead atoms. The molecule has 0 saturated carbocycles. The molecule has 1 aliphatic rings. The number of nitrogens with one attached hydrogen (secondary N) is 1. The van der Waals surface area contributed by atoms with Crippen molar-refractivity contribution in [2.45, 2.75) is 359 Å². The van der Waals surface area contributed by atoms with Crippen molar-refractivity contribution in [1.29, 1.82) is 0 Å². The highest BCUT2D eigenvalue weighted by atomic mass is 16.7. The number of rotatable bonds is 60. The summed E-state index contributed by atoms with van der Waals surface area (Å²) < 4.78 is 17.7. The average Bonchev–Trinajstić information content (AvgIpc) is 3.59. The Morgan fingerprint density at radius 2 is 0.847 bits per heavy atom. The second-order valence-electron chi connectivity index (χ2n) is 24.2. The fraction of sp³-hybridized carbons (Fsp3) is 0.784. The van der Waals surface area contributed by atoms with Gasteiger partial charge >= 0.3 is 5.97 Å². The smallest absolute Gasteiger partial charge is 0.306 e. The Morgan fingerprint density at radius 3 is 1.28 bits per heavy atom. The van der Waals surface area contributed by atoms with E-state index in [1.165, 1.54) is 167 Å². The van der Waals surface area contributed by atoms with Crippen molar-refractivity contribution >= 4 is 11.9 Å². The summed E-state index contributed by atoms with van der Waals surface area (Å²) in [7, 11) is 0. The Labute approximate surface area is 521 Å². The summed E-state index contributed by atoms with van der Waals surface area (Å²) in [6.07, 6.45) is 70.5. The van der Waals surface area contributed by atoms with Crippen LogP contribution in [0, 0.1) is 0 Å². The fourth-order valence-corrected chi connectivity index (χ4v) is 10.7. The number of aliphatic hydroxyl groups is 5. The summed E-state index contributed by atoms with van der Waals surface area (Å²) in [4.78, 5) is 26.7. The van der Waals surface area contributed by atoms with Gasteiger partial charge in [-0.2, -0.15) is 0 Å². The van der Waals surface area contributed by atoms with Gasteiger partial charge in [0.25, 0.3) is 0 Å². The van der Waals surface area contributed by atoms with Gasteiger partial charge in [-0.05, 0) is 96.3 Å². The monoisotopic (exact) mass is 1190 g/mol. The molecule has 1 aliphatic heterocycles. The molecule has 0 radical (unpaired) electrons. The third-order valence-electron chi connectivity index (χ3n) is 16.3. The summed E-state index contributed by atoms with van der Waals surface area (Å²) in [5.41, 5.74) is 0. The Kier molecular flexibility index (Phi) is 57.4. The van der Waals surface area contributed by atoms with Crippen molar-refractivity contribution in [2.75, 3.05) is 13.2 Å². The molecule has 6 N–H and O–H groups in total. The molecule has 492 valence electrons. The predicted molar refractivity (Wildman–Crippen MR) is 356 cm³/mol. The minimum Gasteiger partial charge on any atom is -0.454 e. The minimum absolute atomic E-state index is 0.120. The normalized spacial score (nSPS) is 18.9. The highest BCUT2D eigenvalue weighted by Gasteiger charge is 2.47. The average molecular weight is 1190 g/mol. The zero-order valence-corrected chi connectivity index (χ0v) is 54.7. The van der Waals surface area contributed by atoms with Gasteiger partial charge in [-0.15, -0.1) is 0 Å². The van der Waals surface area contributed by atoms with Crippen LogP contribution in [-0.4, -0.2) is 99.6 Å². The number of amides is 1. The molecular formula is C74H131NO10. The molecule has 1 heterocycles. The van der Waals surface area contributed by atoms with Gasteiger partial charge in [-0.1, -0.05) is 292 Å². The zero-order valence-electron chi connectivity index (χ0n) is 54.7. The molecular weight excluding hydrogens is 1060 g/mol. The number of hydrogen-bond donors (Lipinski definition) is 6. The topological polar surface area (TPSA) is 175 Å². The Hall–Kier alpha value is -3.16. The van der Waals surface area contributed by atoms with Gasteiger partial charge in [0.1, 0.15) is 24.4 Å². The van der Waals surface area contributed by atoms with Gasteiger partial charge in [-0.25, -0.2) is 0 Å². The molecule has 1 saturated heterocycles. The molecule has 1 fully saturated rings. The predicted octanol–water partition coefficient (Wildman–Crippen LogP) is 18.1. The van der Waals surface area contributed by atoms with Gasteiger partial charge < -0.3 is 45.1 Å². The van der Waals surface area contributed by atoms with Crippen molar-refractivity contribution in [2.24, 2.45) is 0 Å². The maximum Gasteiger partial charge on any atom is 0.306 e. The van der Waals surface area contributed by atoms with E-state index in [0.717, 1.165) is 96.3 Å². The molecule has 0 aliphatic carbocycles. The third kappa shape index (κ3) is 48.4. The lowest BCUT2D eigenvalue weighted by atomic mass is 9.99. The van der Waals surface area contributed by atoms with Crippen LogP contribution in [0.1, 0.15) is 310 Å². The maximum atomic E-state index is 13.5. The lowest BCUT2D eigenvalue weighted by Crippen LogP contribution is -2.61. The van der Waals surface area contributed by atoms with E-state index >= 15 is 0 Å². The second-order valence-corrected chi connectivity index (χ2v) is 24.2. The van der Waals surface area contributed by atoms with Crippen molar-refractivity contribution in [1.82, 2.24) is 5.32 Å². The van der Waals surface area contributed by atoms with Crippen LogP contribution in [0.5, 0.6) is 0 Å². The van der Waals surface area contributed by atoms with Crippen LogP contribution in [0.25, 0.3) is 0 Å². The lowest BCUT2D eigenvalue weighted by molar-refractivity contribution is -0.305. The van der Waals surface area contributed by atoms with Gasteiger partial charge in [0, 0.05) is 6.42 Å². The third-order valence-corrected chi connectivity index (χ3v) is 16.3. The van der Waals surface area contributed by atoms with E-state index in [4.69, 9.17) is 14.2 Å². The van der Waals surface area contributed by atoms with Crippen molar-refractivity contribution in [3.05, 3.63) is 85.1 Å². The number of hydrogen-bond acceptors (Lipinski definition) is 10. The van der Waals surface area contributed by atoms with Crippen LogP contribution in [0.15, 0.2) is 85.1 Å². The van der Waals surface area contributed by atoms with E-state index in [0.29, 0.717) is 12.8 Å². The Balaban J connectivity index is 2.56. The number of carbonyl (C=O) groups is 2. The van der Waals surface area contributed by atoms with Crippen LogP contribution >= 0.6 is 0 Å². The van der Waals surface area contributed by atoms with E-state index in [-0.39, 0.29) is 19.4 Å². The second kappa shape index (κ2) is 61.1. The molecule has 0 aromatic heterocycles. The number of carbonyl (C=O) groups excluding carboxylic acids is 2. The van der Waals surface area contributed by atoms with E-state index in [2.05, 4.69) is 99.0 Å². The van der Waals surface area contributed by atoms with Gasteiger partial charge in [0.15, 0.2) is 12.4 Å². The van der Waals surface area contributed by atoms with E-state index in [1.807, 2.05) is 6.08 Å². The van der Waals surface area contributed by atoms with Crippen molar-refractivity contribution < 1.29 is 49.3 Å². The van der Waals surface area contributed by atoms with Gasteiger partial charge in [-0.3, -0.25) is 9.59 Å². The van der Waals surface area contributed by atoms with E-state index in [9.17, 15) is 35.1 Å². The first-order valence-electron chi connectivity index (χ1n) is 35.4. The molecule has 1 amide bonds. The Bertz CT molecular complexity index is 1710. The zero-order chi connectivity index (χ0) is 61.7. The summed E-state index contributed by atoms with van der Waals surface area (Å²) >= 11 is 0. The number of unbranched alkanes of at least 4 members (excludes halogenated alkanes) is 34. The first-order chi connectivity index (χ1) is 41.7. The molecule has 11 heteroatoms. The molecule has 0 aromatic rings. The van der Waals surface area contributed by atoms with Gasteiger partial charge in [0.2, 0.25) is 5.91 Å². The van der Waals surface area contributed by atoms with E-state index < -0.39 is 67.4 Å². The summed E-state index contributed by atoms with van der Waals surface area (Å²) in [6.45, 7) is 5.69. The van der Waals surface area contributed by atoms with Crippen molar-refractivity contribution in [3.63, 3.8) is 0 Å². The molecule has 8 unspecified atom stereocenters. The molecule has 11 nitrogen and oxygen atoms in total. The number of esters is 1. The standard InChI is InChI=1S/C74H131NO10/c1-4-7-10-13-16-19-22-24-26-28-30-31-32-33-34-35-36-38-39-41-43-46-49-52-55-58-61-67(78)73(82)75-65(66(77)60-57-54-51-48-45-21-18-15-12-9-6-3)64-83-74-72(71(81)70(80)68(63-76)84-74)85-69(79)62-59-56-53-50-47-44-42-40-37-29-27-25-23-20-17-14-11-8-5-2/h7,10,16,19,24-27,30-31,33-34,57,60,65-68,70-72,74,76-78,80-81H,4-6,8-9,11-15,17-18,20-23,28-29,32,35-56,58-59,61-64H2,1-3H3,(H,75,82)/b10-7-,19-16-,26-24-,27-25+,31-30-,34-33-,60-57+. The number of aliphatic hydroxyl groups excluding tert-OH is 5. The minimum atomic E-state index is -1.62. The van der Waals surface area contributed by atoms with Crippen LogP contribution in [-0.2, 0) is 23.8 Å². The quantitative estimate of drug-likeness (QED) is 0.0195. The summed E-state index contributed by atoms with van der Waals surface area (Å²) in [5, 5.41) is 57.2. The number of ether oxygens (including phenoxy) is 3. The SMILES string of the molecule is CC/C=C\C/C=C\C/C=C\C/C=C\C/C=C\CCCCCCCCCCCCC(O)C(=O)NC(COC1OC(CO)C(O)C(O)C1OC(=O)CCCCCCCCCCC/C=C/CCCCCCCC)C(O)/C=C/CCCCCCCCCCC. The molecule has 0 aromatic carbocycles. The lowest BCUT2D eigenvalue weighted by Gasteiger charge is -2.41.